The Hall–Kier alpha value is 1.15. The molecule has 0 aliphatic carbocycles. The summed E-state index contributed by atoms with van der Waals surface area (Å²) in [5, 5.41) is 0. The van der Waals surface area contributed by atoms with Gasteiger partial charge in [0.1, 0.15) is 0 Å². The molecule has 2 aliphatic rings. The molecule has 23 heavy (non-hydrogen) atoms. The molecule has 2 fully saturated rings. The van der Waals surface area contributed by atoms with Crippen molar-refractivity contribution in [3.63, 3.8) is 0 Å². The van der Waals surface area contributed by atoms with Gasteiger partial charge in [0.05, 0.1) is 0 Å². The van der Waals surface area contributed by atoms with Gasteiger partial charge in [0, 0.05) is 0 Å². The minimum atomic E-state index is -5.42. The Labute approximate surface area is 145 Å². The van der Waals surface area contributed by atoms with Crippen LogP contribution < -0.4 is 0 Å². The second-order valence-electron chi connectivity index (χ2n) is 2.38. The maximum atomic E-state index is 11.1. The summed E-state index contributed by atoms with van der Waals surface area (Å²) in [6.45, 7) is 0. The first-order chi connectivity index (χ1) is 7.57. The third kappa shape index (κ3) is 10.7. The second kappa shape index (κ2) is 11.7. The molecule has 12 N–H and O–H groups in total. The predicted molar refractivity (Wildman–Crippen MR) is 61.1 cm³/mol. The average Bonchev–Trinajstić information content (AvgIpc) is 1.94. The van der Waals surface area contributed by atoms with Crippen LogP contribution in [0.2, 0.25) is 0 Å². The van der Waals surface area contributed by atoms with Crippen LogP contribution in [0.15, 0.2) is 0 Å². The zero-order chi connectivity index (χ0) is 12.9. The van der Waals surface area contributed by atoms with Crippen LogP contribution in [-0.2, 0) is 38.7 Å². The van der Waals surface area contributed by atoms with Gasteiger partial charge in [-0.1, -0.05) is 0 Å². The van der Waals surface area contributed by atoms with Crippen molar-refractivity contribution >= 4 is 74.7 Å². The minimum absolute atomic E-state index is 0. The topological polar surface area (TPSA) is 347 Å². The Morgan fingerprint density at radius 2 is 0.826 bits per heavy atom. The van der Waals surface area contributed by atoms with Crippen LogP contribution in [0.1, 0.15) is 0 Å². The van der Waals surface area contributed by atoms with E-state index in [1.54, 1.807) is 0 Å². The van der Waals surface area contributed by atoms with Crippen molar-refractivity contribution in [2.75, 3.05) is 0 Å². The zero-order valence-electron chi connectivity index (χ0n) is 10.3. The van der Waals surface area contributed by atoms with Crippen LogP contribution in [-0.4, -0.2) is 108 Å². The summed E-state index contributed by atoms with van der Waals surface area (Å²) >= 11 is -22.6. The molecule has 2 saturated heterocycles. The summed E-state index contributed by atoms with van der Waals surface area (Å²) in [6.07, 6.45) is 0. The molecule has 0 radical (unpaired) electrons. The van der Waals surface area contributed by atoms with Crippen molar-refractivity contribution < 1.29 is 71.5 Å². The molecule has 2 rings (SSSR count). The molecule has 2 aliphatic heterocycles. The van der Waals surface area contributed by atoms with Gasteiger partial charge in [-0.15, -0.1) is 0 Å². The first-order valence-corrected chi connectivity index (χ1v) is 17.7. The Kier molecular flexibility index (Phi) is 18.0. The van der Waals surface area contributed by atoms with Crippen LogP contribution >= 0.6 is 0 Å². The first kappa shape index (κ1) is 35.3. The van der Waals surface area contributed by atoms with Gasteiger partial charge >= 0.3 is 113 Å². The standard InChI is InChI=1S/2Ga.3H2O4Se.6H2O/c;;3*1-5(2,3)4;;;;;;/h;;3*(H2,1,2,3,4);6*1H2/q2*+3;;;;;;;;;/p-6. The normalized spacial score (nSPS) is 19.3. The molecule has 0 amide bonds. The van der Waals surface area contributed by atoms with Gasteiger partial charge in [0.25, 0.3) is 0 Å². The Balaban J connectivity index is -0.000000180. The Morgan fingerprint density at radius 1 is 0.609 bits per heavy atom. The van der Waals surface area contributed by atoms with E-state index in [2.05, 4.69) is 15.7 Å². The number of hydrogen-bond acceptors (Lipinski definition) is 12. The predicted octanol–water partition coefficient (Wildman–Crippen LogP) is -7.98. The summed E-state index contributed by atoms with van der Waals surface area (Å²) in [4.78, 5) is 0. The van der Waals surface area contributed by atoms with Gasteiger partial charge in [0.15, 0.2) is 0 Å². The molecule has 0 unspecified atom stereocenters. The molecule has 144 valence electrons. The third-order valence-corrected chi connectivity index (χ3v) is 31.8. The van der Waals surface area contributed by atoms with Crippen molar-refractivity contribution in [3.05, 3.63) is 0 Å². The Morgan fingerprint density at radius 3 is 1.00 bits per heavy atom. The van der Waals surface area contributed by atoms with Gasteiger partial charge in [0.2, 0.25) is 0 Å². The van der Waals surface area contributed by atoms with E-state index in [4.69, 9.17) is 0 Å². The molecule has 0 bridgehead atoms. The van der Waals surface area contributed by atoms with Gasteiger partial charge in [-0.3, -0.25) is 0 Å². The summed E-state index contributed by atoms with van der Waals surface area (Å²) in [5.41, 5.74) is 0. The molecule has 0 atom stereocenters. The van der Waals surface area contributed by atoms with Crippen molar-refractivity contribution in [1.29, 1.82) is 0 Å². The molecule has 0 aromatic carbocycles. The van der Waals surface area contributed by atoms with Gasteiger partial charge < -0.3 is 32.9 Å². The molecule has 0 aromatic rings. The Bertz CT molecular complexity index is 535. The van der Waals surface area contributed by atoms with E-state index in [-0.39, 0.29) is 32.9 Å². The van der Waals surface area contributed by atoms with Crippen LogP contribution in [0.25, 0.3) is 0 Å². The monoisotopic (exact) mass is 678 g/mol. The van der Waals surface area contributed by atoms with E-state index in [9.17, 15) is 23.0 Å². The molecule has 0 spiro atoms. The quantitative estimate of drug-likeness (QED) is 0.251. The molecule has 0 saturated carbocycles. The molecule has 18 nitrogen and oxygen atoms in total. The van der Waals surface area contributed by atoms with Gasteiger partial charge in [-0.05, 0) is 0 Å². The van der Waals surface area contributed by atoms with Gasteiger partial charge in [-0.25, -0.2) is 0 Å². The van der Waals surface area contributed by atoms with Crippen molar-refractivity contribution in [1.82, 2.24) is 0 Å². The van der Waals surface area contributed by atoms with Crippen molar-refractivity contribution in [2.45, 2.75) is 0 Å². The van der Waals surface area contributed by atoms with Crippen molar-refractivity contribution in [3.8, 4) is 0 Å². The number of rotatable bonds is 4. The summed E-state index contributed by atoms with van der Waals surface area (Å²) in [5.74, 6) is 0. The van der Waals surface area contributed by atoms with Crippen LogP contribution in [0.3, 0.4) is 0 Å². The second-order valence-corrected chi connectivity index (χ2v) is 25.0. The first-order valence-electron chi connectivity index (χ1n) is 3.41. The van der Waals surface area contributed by atoms with E-state index < -0.39 is 74.7 Å². The molecular formula is H12Ga2O18Se3. The van der Waals surface area contributed by atoms with E-state index in [1.165, 1.54) is 0 Å². The molecular weight excluding hydrogens is 664 g/mol. The average molecular weight is 676 g/mol. The molecule has 2 heterocycles. The van der Waals surface area contributed by atoms with E-state index in [1.807, 2.05) is 0 Å². The van der Waals surface area contributed by atoms with Crippen LogP contribution in [0, 0.1) is 0 Å². The summed E-state index contributed by atoms with van der Waals surface area (Å²) in [6, 6.07) is 0. The van der Waals surface area contributed by atoms with Gasteiger partial charge in [-0.2, -0.15) is 0 Å². The maximum absolute atomic E-state index is 11.1. The summed E-state index contributed by atoms with van der Waals surface area (Å²) in [7, 11) is 0. The van der Waals surface area contributed by atoms with E-state index in [0.29, 0.717) is 0 Å². The van der Waals surface area contributed by atoms with Crippen LogP contribution in [0.5, 0.6) is 0 Å². The summed E-state index contributed by atoms with van der Waals surface area (Å²) < 4.78 is 88.6. The molecule has 23 heteroatoms. The zero-order valence-corrected chi connectivity index (χ0v) is 20.3. The fourth-order valence-electron chi connectivity index (χ4n) is 0.679. The van der Waals surface area contributed by atoms with Crippen LogP contribution in [0.4, 0.5) is 0 Å². The third-order valence-electron chi connectivity index (χ3n) is 1.18. The van der Waals surface area contributed by atoms with E-state index >= 15 is 0 Å². The molecule has 0 aromatic heterocycles. The fourth-order valence-corrected chi connectivity index (χ4v) is 28.2. The van der Waals surface area contributed by atoms with Crippen molar-refractivity contribution in [2.24, 2.45) is 0 Å². The van der Waals surface area contributed by atoms with E-state index in [0.717, 1.165) is 0 Å². The fraction of sp³-hybridized carbons (Fsp3) is 0. The number of hydrogen-bond donors (Lipinski definition) is 0. The SMILES string of the molecule is O.O.O.O.O.O.O=[Se]1(=O)[O][Ga]([O][Se](=O)(=O)[O][Ga]2[O][Se](=O)(=O)[O]2)[O]1.